The Morgan fingerprint density at radius 1 is 1.00 bits per heavy atom. The number of hydrogen-bond donors (Lipinski definition) is 1. The number of carbonyl (C=O) groups is 2. The van der Waals surface area contributed by atoms with Crippen molar-refractivity contribution in [2.24, 2.45) is 0 Å². The van der Waals surface area contributed by atoms with E-state index in [1.54, 1.807) is 19.2 Å². The van der Waals surface area contributed by atoms with Crippen LogP contribution in [-0.4, -0.2) is 25.3 Å². The van der Waals surface area contributed by atoms with Crippen molar-refractivity contribution in [2.75, 3.05) is 13.7 Å². The van der Waals surface area contributed by atoms with Gasteiger partial charge in [-0.05, 0) is 41.8 Å². The third kappa shape index (κ3) is 3.91. The molecule has 0 heterocycles. The number of rotatable bonds is 6. The first kappa shape index (κ1) is 17.7. The van der Waals surface area contributed by atoms with Crippen LogP contribution in [-0.2, 0) is 11.2 Å². The van der Waals surface area contributed by atoms with Gasteiger partial charge in [0, 0.05) is 12.1 Å². The van der Waals surface area contributed by atoms with Crippen LogP contribution in [0, 0.1) is 6.92 Å². The fraction of sp³-hybridized carbons (Fsp3) is 0.182. The maximum absolute atomic E-state index is 12.2. The molecule has 0 fully saturated rings. The monoisotopic (exact) mass is 347 g/mol. The van der Waals surface area contributed by atoms with Crippen molar-refractivity contribution in [2.45, 2.75) is 13.3 Å². The van der Waals surface area contributed by atoms with Crippen LogP contribution in [0.5, 0.6) is 5.75 Å². The lowest BCUT2D eigenvalue weighted by atomic mass is 10.0. The van der Waals surface area contributed by atoms with Gasteiger partial charge in [-0.1, -0.05) is 54.1 Å². The van der Waals surface area contributed by atoms with Crippen molar-refractivity contribution >= 4 is 22.5 Å². The van der Waals surface area contributed by atoms with Gasteiger partial charge in [0.25, 0.3) is 5.91 Å². The second-order valence-electron chi connectivity index (χ2n) is 6.21. The molecular weight excluding hydrogens is 326 g/mol. The van der Waals surface area contributed by atoms with E-state index in [1.165, 1.54) is 0 Å². The molecular formula is C22H21NO3. The number of ether oxygens (including phenoxy) is 1. The zero-order valence-corrected chi connectivity index (χ0v) is 14.9. The number of fused-ring (bicyclic) bond motifs is 1. The van der Waals surface area contributed by atoms with Crippen molar-refractivity contribution < 1.29 is 14.3 Å². The number of amides is 1. The molecule has 1 N–H and O–H groups in total. The van der Waals surface area contributed by atoms with Crippen molar-refractivity contribution in [1.82, 2.24) is 5.32 Å². The highest BCUT2D eigenvalue weighted by Crippen LogP contribution is 2.24. The summed E-state index contributed by atoms with van der Waals surface area (Å²) >= 11 is 0. The van der Waals surface area contributed by atoms with Crippen LogP contribution >= 0.6 is 0 Å². The predicted molar refractivity (Wildman–Crippen MR) is 103 cm³/mol. The molecule has 3 aromatic rings. The minimum absolute atomic E-state index is 0.396. The van der Waals surface area contributed by atoms with Crippen LogP contribution in [0.2, 0.25) is 0 Å². The molecule has 4 nitrogen and oxygen atoms in total. The zero-order chi connectivity index (χ0) is 18.5. The van der Waals surface area contributed by atoms with Gasteiger partial charge >= 0.3 is 0 Å². The van der Waals surface area contributed by atoms with Crippen LogP contribution in [0.4, 0.5) is 0 Å². The molecule has 1 amide bonds. The minimum atomic E-state index is -0.577. The van der Waals surface area contributed by atoms with Gasteiger partial charge in [0.05, 0.1) is 7.11 Å². The third-order valence-electron chi connectivity index (χ3n) is 4.38. The van der Waals surface area contributed by atoms with Crippen molar-refractivity contribution in [3.8, 4) is 5.75 Å². The molecule has 0 spiro atoms. The zero-order valence-electron chi connectivity index (χ0n) is 14.9. The molecule has 132 valence electrons. The molecule has 0 aliphatic carbocycles. The Hall–Kier alpha value is -3.14. The van der Waals surface area contributed by atoms with E-state index in [4.69, 9.17) is 4.74 Å². The van der Waals surface area contributed by atoms with Gasteiger partial charge in [-0.2, -0.15) is 0 Å². The molecule has 0 aliphatic rings. The maximum Gasteiger partial charge on any atom is 0.292 e. The van der Waals surface area contributed by atoms with Gasteiger partial charge in [-0.3, -0.25) is 9.59 Å². The molecule has 0 atom stereocenters. The number of benzene rings is 3. The normalized spacial score (nSPS) is 10.5. The Morgan fingerprint density at radius 2 is 1.77 bits per heavy atom. The molecule has 0 saturated heterocycles. The molecule has 0 unspecified atom stereocenters. The van der Waals surface area contributed by atoms with E-state index < -0.39 is 11.7 Å². The van der Waals surface area contributed by atoms with Gasteiger partial charge in [-0.15, -0.1) is 0 Å². The Kier molecular flexibility index (Phi) is 5.32. The van der Waals surface area contributed by atoms with Crippen LogP contribution in [0.15, 0.2) is 60.7 Å². The highest BCUT2D eigenvalue weighted by molar-refractivity contribution is 6.42. The summed E-state index contributed by atoms with van der Waals surface area (Å²) in [7, 11) is 1.64. The van der Waals surface area contributed by atoms with E-state index in [0.29, 0.717) is 18.5 Å². The predicted octanol–water partition coefficient (Wildman–Crippen LogP) is 3.70. The van der Waals surface area contributed by atoms with Gasteiger partial charge in [0.2, 0.25) is 5.78 Å². The minimum Gasteiger partial charge on any atom is -0.497 e. The summed E-state index contributed by atoms with van der Waals surface area (Å²) in [5.41, 5.74) is 2.56. The SMILES string of the molecule is COc1ccc2cccc(CCNC(=O)C(=O)c3ccc(C)cc3)c2c1. The number of nitrogens with one attached hydrogen (secondary N) is 1. The van der Waals surface area contributed by atoms with E-state index in [0.717, 1.165) is 27.6 Å². The summed E-state index contributed by atoms with van der Waals surface area (Å²) in [6.07, 6.45) is 0.636. The largest absolute Gasteiger partial charge is 0.497 e. The molecule has 0 aromatic heterocycles. The van der Waals surface area contributed by atoms with Crippen molar-refractivity contribution in [3.63, 3.8) is 0 Å². The molecule has 0 radical (unpaired) electrons. The van der Waals surface area contributed by atoms with Gasteiger partial charge in [0.1, 0.15) is 5.75 Å². The van der Waals surface area contributed by atoms with Crippen molar-refractivity contribution in [3.05, 3.63) is 77.4 Å². The number of methoxy groups -OCH3 is 1. The first-order valence-electron chi connectivity index (χ1n) is 8.53. The number of aryl methyl sites for hydroxylation is 1. The fourth-order valence-electron chi connectivity index (χ4n) is 2.89. The van der Waals surface area contributed by atoms with E-state index in [-0.39, 0.29) is 0 Å². The molecule has 0 aliphatic heterocycles. The summed E-state index contributed by atoms with van der Waals surface area (Å²) in [4.78, 5) is 24.3. The summed E-state index contributed by atoms with van der Waals surface area (Å²) in [5, 5.41) is 4.92. The standard InChI is InChI=1S/C22H21NO3/c1-15-6-8-18(9-7-15)21(24)22(25)23-13-12-17-5-3-4-16-10-11-19(26-2)14-20(16)17/h3-11,14H,12-13H2,1-2H3,(H,23,25). The average molecular weight is 347 g/mol. The van der Waals surface area contributed by atoms with Crippen LogP contribution < -0.4 is 10.1 Å². The lowest BCUT2D eigenvalue weighted by Crippen LogP contribution is -2.32. The third-order valence-corrected chi connectivity index (χ3v) is 4.38. The Bertz CT molecular complexity index is 945. The van der Waals surface area contributed by atoms with E-state index >= 15 is 0 Å². The average Bonchev–Trinajstić information content (AvgIpc) is 2.67. The van der Waals surface area contributed by atoms with E-state index in [1.807, 2.05) is 55.5 Å². The molecule has 0 saturated carbocycles. The molecule has 0 bridgehead atoms. The Balaban J connectivity index is 1.66. The highest BCUT2D eigenvalue weighted by atomic mass is 16.5. The number of ketones is 1. The second-order valence-corrected chi connectivity index (χ2v) is 6.21. The van der Waals surface area contributed by atoms with Crippen molar-refractivity contribution in [1.29, 1.82) is 0 Å². The molecule has 4 heteroatoms. The van der Waals surface area contributed by atoms with Gasteiger partial charge in [0.15, 0.2) is 0 Å². The summed E-state index contributed by atoms with van der Waals surface area (Å²) in [6, 6.07) is 19.0. The molecule has 3 rings (SSSR count). The lowest BCUT2D eigenvalue weighted by molar-refractivity contribution is -0.116. The Morgan fingerprint density at radius 3 is 2.50 bits per heavy atom. The van der Waals surface area contributed by atoms with Crippen LogP contribution in [0.1, 0.15) is 21.5 Å². The summed E-state index contributed by atoms with van der Waals surface area (Å²) in [6.45, 7) is 2.33. The van der Waals surface area contributed by atoms with E-state index in [9.17, 15) is 9.59 Å². The topological polar surface area (TPSA) is 55.4 Å². The highest BCUT2D eigenvalue weighted by Gasteiger charge is 2.15. The molecule has 3 aromatic carbocycles. The smallest absolute Gasteiger partial charge is 0.292 e. The van der Waals surface area contributed by atoms with Gasteiger partial charge < -0.3 is 10.1 Å². The summed E-state index contributed by atoms with van der Waals surface area (Å²) < 4.78 is 5.29. The maximum atomic E-state index is 12.2. The number of Topliss-reactive ketones (excluding diaryl/α,β-unsaturated/α-hetero) is 1. The first-order chi connectivity index (χ1) is 12.6. The first-order valence-corrected chi connectivity index (χ1v) is 8.53. The van der Waals surface area contributed by atoms with Crippen LogP contribution in [0.3, 0.4) is 0 Å². The number of carbonyl (C=O) groups excluding carboxylic acids is 2. The Labute approximate surface area is 152 Å². The lowest BCUT2D eigenvalue weighted by Gasteiger charge is -2.09. The summed E-state index contributed by atoms with van der Waals surface area (Å²) in [5.74, 6) is -0.292. The molecule has 26 heavy (non-hydrogen) atoms. The second kappa shape index (κ2) is 7.83. The van der Waals surface area contributed by atoms with E-state index in [2.05, 4.69) is 5.32 Å². The van der Waals surface area contributed by atoms with Crippen LogP contribution in [0.25, 0.3) is 10.8 Å². The quantitative estimate of drug-likeness (QED) is 0.546. The number of hydrogen-bond acceptors (Lipinski definition) is 3. The van der Waals surface area contributed by atoms with Gasteiger partial charge in [-0.25, -0.2) is 0 Å². The fourth-order valence-corrected chi connectivity index (χ4v) is 2.89.